The summed E-state index contributed by atoms with van der Waals surface area (Å²) in [5.74, 6) is 0.154. The summed E-state index contributed by atoms with van der Waals surface area (Å²) in [6.07, 6.45) is 0. The lowest BCUT2D eigenvalue weighted by molar-refractivity contribution is 0.0195. The zero-order valence-electron chi connectivity index (χ0n) is 12.3. The van der Waals surface area contributed by atoms with Gasteiger partial charge < -0.3 is 15.2 Å². The molecule has 0 unspecified atom stereocenters. The van der Waals surface area contributed by atoms with Gasteiger partial charge in [0.25, 0.3) is 0 Å². The second-order valence-corrected chi connectivity index (χ2v) is 5.73. The van der Waals surface area contributed by atoms with Crippen molar-refractivity contribution in [1.29, 1.82) is 0 Å². The fraction of sp³-hybridized carbons (Fsp3) is 0.600. The molecule has 0 saturated carbocycles. The van der Waals surface area contributed by atoms with Gasteiger partial charge in [-0.25, -0.2) is 4.39 Å². The van der Waals surface area contributed by atoms with Crippen LogP contribution >= 0.6 is 0 Å². The topological polar surface area (TPSA) is 41.5 Å². The molecule has 1 atom stereocenters. The first-order valence-corrected chi connectivity index (χ1v) is 6.54. The number of hydrogen-bond acceptors (Lipinski definition) is 3. The normalized spacial score (nSPS) is 13.7. The second kappa shape index (κ2) is 6.35. The zero-order chi connectivity index (χ0) is 14.6. The van der Waals surface area contributed by atoms with E-state index < -0.39 is 5.60 Å². The fourth-order valence-electron chi connectivity index (χ4n) is 2.35. The van der Waals surface area contributed by atoms with Crippen LogP contribution in [0.25, 0.3) is 0 Å². The predicted molar refractivity (Wildman–Crippen MR) is 74.7 cm³/mol. The molecule has 0 radical (unpaired) electrons. The molecule has 1 aromatic rings. The van der Waals surface area contributed by atoms with Crippen LogP contribution in [0.4, 0.5) is 4.39 Å². The van der Waals surface area contributed by atoms with Crippen molar-refractivity contribution in [2.45, 2.75) is 45.9 Å². The molecule has 0 aromatic heterocycles. The van der Waals surface area contributed by atoms with E-state index in [0.29, 0.717) is 6.54 Å². The molecule has 19 heavy (non-hydrogen) atoms. The van der Waals surface area contributed by atoms with Gasteiger partial charge in [0.15, 0.2) is 11.6 Å². The highest BCUT2D eigenvalue weighted by Gasteiger charge is 2.28. The van der Waals surface area contributed by atoms with Crippen molar-refractivity contribution in [3.8, 4) is 5.75 Å². The summed E-state index contributed by atoms with van der Waals surface area (Å²) in [6, 6.07) is 4.82. The van der Waals surface area contributed by atoms with Crippen molar-refractivity contribution >= 4 is 0 Å². The van der Waals surface area contributed by atoms with Gasteiger partial charge in [0.2, 0.25) is 0 Å². The summed E-state index contributed by atoms with van der Waals surface area (Å²) in [5.41, 5.74) is 0.00678. The number of hydrogen-bond donors (Lipinski definition) is 2. The number of nitrogens with one attached hydrogen (secondary N) is 1. The Bertz CT molecular complexity index is 413. The molecule has 3 nitrogen and oxygen atoms in total. The van der Waals surface area contributed by atoms with Crippen molar-refractivity contribution in [2.75, 3.05) is 7.11 Å². The highest BCUT2D eigenvalue weighted by atomic mass is 19.1. The van der Waals surface area contributed by atoms with Gasteiger partial charge in [-0.1, -0.05) is 19.9 Å². The van der Waals surface area contributed by atoms with Crippen molar-refractivity contribution < 1.29 is 14.2 Å². The Morgan fingerprint density at radius 2 is 2.00 bits per heavy atom. The van der Waals surface area contributed by atoms with E-state index in [1.807, 2.05) is 19.9 Å². The van der Waals surface area contributed by atoms with Crippen molar-refractivity contribution in [2.24, 2.45) is 5.92 Å². The summed E-state index contributed by atoms with van der Waals surface area (Å²) in [5, 5.41) is 13.4. The third-order valence-corrected chi connectivity index (χ3v) is 3.17. The molecule has 1 rings (SSSR count). The number of halogens is 1. The molecule has 0 heterocycles. The predicted octanol–water partition coefficient (Wildman–Crippen LogP) is 2.72. The molecule has 0 bridgehead atoms. The average molecular weight is 269 g/mol. The number of rotatable bonds is 6. The molecule has 2 N–H and O–H groups in total. The van der Waals surface area contributed by atoms with E-state index in [1.54, 1.807) is 19.9 Å². The Balaban J connectivity index is 2.72. The zero-order valence-corrected chi connectivity index (χ0v) is 12.3. The largest absolute Gasteiger partial charge is 0.494 e. The van der Waals surface area contributed by atoms with Gasteiger partial charge in [-0.2, -0.15) is 0 Å². The number of methoxy groups -OCH3 is 1. The van der Waals surface area contributed by atoms with Gasteiger partial charge in [-0.05, 0) is 37.5 Å². The van der Waals surface area contributed by atoms with E-state index in [0.717, 1.165) is 5.56 Å². The molecule has 108 valence electrons. The van der Waals surface area contributed by atoms with E-state index in [9.17, 15) is 9.50 Å². The van der Waals surface area contributed by atoms with E-state index in [1.165, 1.54) is 13.2 Å². The van der Waals surface area contributed by atoms with E-state index in [-0.39, 0.29) is 23.5 Å². The van der Waals surface area contributed by atoms with E-state index >= 15 is 0 Å². The molecule has 0 aliphatic rings. The van der Waals surface area contributed by atoms with Gasteiger partial charge in [-0.15, -0.1) is 0 Å². The monoisotopic (exact) mass is 269 g/mol. The van der Waals surface area contributed by atoms with Crippen LogP contribution in [0.3, 0.4) is 0 Å². The lowest BCUT2D eigenvalue weighted by Gasteiger charge is -2.33. The van der Waals surface area contributed by atoms with Crippen LogP contribution in [0.2, 0.25) is 0 Å². The van der Waals surface area contributed by atoms with Crippen LogP contribution in [0.5, 0.6) is 5.75 Å². The maximum Gasteiger partial charge on any atom is 0.165 e. The molecule has 0 aliphatic carbocycles. The minimum atomic E-state index is -0.820. The van der Waals surface area contributed by atoms with Crippen LogP contribution in [-0.2, 0) is 6.54 Å². The SMILES string of the molecule is COc1ccc(CN[C@@H](C(C)C)C(C)(C)O)cc1F. The van der Waals surface area contributed by atoms with Crippen LogP contribution in [0.15, 0.2) is 18.2 Å². The third kappa shape index (κ3) is 4.48. The molecular formula is C15H24FNO2. The smallest absolute Gasteiger partial charge is 0.165 e. The molecule has 0 saturated heterocycles. The standard InChI is InChI=1S/C15H24FNO2/c1-10(2)14(15(3,4)18)17-9-11-6-7-13(19-5)12(16)8-11/h6-8,10,14,17-18H,9H2,1-5H3/t14-/m0/s1. The first-order chi connectivity index (χ1) is 8.75. The minimum Gasteiger partial charge on any atom is -0.494 e. The van der Waals surface area contributed by atoms with Crippen molar-refractivity contribution in [1.82, 2.24) is 5.32 Å². The van der Waals surface area contributed by atoms with Crippen LogP contribution in [0, 0.1) is 11.7 Å². The Kier molecular flexibility index (Phi) is 5.32. The summed E-state index contributed by atoms with van der Waals surface area (Å²) in [7, 11) is 1.44. The molecule has 1 aromatic carbocycles. The highest BCUT2D eigenvalue weighted by molar-refractivity contribution is 5.29. The number of aliphatic hydroxyl groups is 1. The minimum absolute atomic E-state index is 0.0577. The van der Waals surface area contributed by atoms with Crippen LogP contribution in [0.1, 0.15) is 33.3 Å². The molecule has 0 aliphatic heterocycles. The number of benzene rings is 1. The Morgan fingerprint density at radius 1 is 1.37 bits per heavy atom. The molecule has 4 heteroatoms. The van der Waals surface area contributed by atoms with Gasteiger partial charge in [0.05, 0.1) is 12.7 Å². The summed E-state index contributed by atoms with van der Waals surface area (Å²) >= 11 is 0. The highest BCUT2D eigenvalue weighted by Crippen LogP contribution is 2.20. The van der Waals surface area contributed by atoms with Crippen LogP contribution in [-0.4, -0.2) is 23.9 Å². The number of ether oxygens (including phenoxy) is 1. The maximum absolute atomic E-state index is 13.6. The quantitative estimate of drug-likeness (QED) is 0.834. The first kappa shape index (κ1) is 15.9. The maximum atomic E-state index is 13.6. The van der Waals surface area contributed by atoms with Crippen molar-refractivity contribution in [3.63, 3.8) is 0 Å². The lowest BCUT2D eigenvalue weighted by Crippen LogP contribution is -2.49. The summed E-state index contributed by atoms with van der Waals surface area (Å²) in [6.45, 7) is 8.15. The molecule has 0 spiro atoms. The van der Waals surface area contributed by atoms with Gasteiger partial charge in [0.1, 0.15) is 0 Å². The van der Waals surface area contributed by atoms with Gasteiger partial charge in [-0.3, -0.25) is 0 Å². The summed E-state index contributed by atoms with van der Waals surface area (Å²) in [4.78, 5) is 0. The first-order valence-electron chi connectivity index (χ1n) is 6.54. The third-order valence-electron chi connectivity index (χ3n) is 3.17. The Hall–Kier alpha value is -1.13. The average Bonchev–Trinajstić information content (AvgIpc) is 2.27. The second-order valence-electron chi connectivity index (χ2n) is 5.73. The molecular weight excluding hydrogens is 245 g/mol. The molecule has 0 fully saturated rings. The van der Waals surface area contributed by atoms with Gasteiger partial charge in [0, 0.05) is 12.6 Å². The van der Waals surface area contributed by atoms with E-state index in [4.69, 9.17) is 4.74 Å². The Labute approximate surface area is 114 Å². The van der Waals surface area contributed by atoms with Gasteiger partial charge >= 0.3 is 0 Å². The lowest BCUT2D eigenvalue weighted by atomic mass is 9.89. The van der Waals surface area contributed by atoms with E-state index in [2.05, 4.69) is 5.32 Å². The summed E-state index contributed by atoms with van der Waals surface area (Å²) < 4.78 is 18.4. The van der Waals surface area contributed by atoms with Crippen LogP contribution < -0.4 is 10.1 Å². The molecule has 0 amide bonds. The fourth-order valence-corrected chi connectivity index (χ4v) is 2.35. The van der Waals surface area contributed by atoms with Crippen molar-refractivity contribution in [3.05, 3.63) is 29.6 Å². The Morgan fingerprint density at radius 3 is 2.42 bits per heavy atom.